The zero-order valence-corrected chi connectivity index (χ0v) is 10.3. The van der Waals surface area contributed by atoms with Gasteiger partial charge in [-0.05, 0) is 36.2 Å². The van der Waals surface area contributed by atoms with Crippen LogP contribution in [-0.4, -0.2) is 4.98 Å². The van der Waals surface area contributed by atoms with Gasteiger partial charge in [0.05, 0.1) is 6.20 Å². The fourth-order valence-electron chi connectivity index (χ4n) is 1.90. The van der Waals surface area contributed by atoms with Crippen LogP contribution >= 0.6 is 11.6 Å². The molecule has 2 rings (SSSR count). The standard InChI is InChI=1S/C14H13ClFN/c1-2-13(10-3-5-11(15)6-4-10)14-8-7-12(16)9-17-14/h3-9,13H,2H2,1H3. The number of rotatable bonds is 3. The Kier molecular flexibility index (Phi) is 3.75. The Hall–Kier alpha value is -1.41. The second-order valence-electron chi connectivity index (χ2n) is 3.91. The lowest BCUT2D eigenvalue weighted by Crippen LogP contribution is -2.02. The maximum absolute atomic E-state index is 12.8. The van der Waals surface area contributed by atoms with E-state index in [4.69, 9.17) is 11.6 Å². The summed E-state index contributed by atoms with van der Waals surface area (Å²) in [4.78, 5) is 4.14. The third-order valence-electron chi connectivity index (χ3n) is 2.79. The van der Waals surface area contributed by atoms with E-state index >= 15 is 0 Å². The van der Waals surface area contributed by atoms with Gasteiger partial charge in [0.15, 0.2) is 0 Å². The first-order valence-corrected chi connectivity index (χ1v) is 5.95. The van der Waals surface area contributed by atoms with Crippen molar-refractivity contribution in [2.75, 3.05) is 0 Å². The highest BCUT2D eigenvalue weighted by Crippen LogP contribution is 2.27. The van der Waals surface area contributed by atoms with Crippen molar-refractivity contribution >= 4 is 11.6 Å². The quantitative estimate of drug-likeness (QED) is 0.785. The van der Waals surface area contributed by atoms with Gasteiger partial charge in [0.25, 0.3) is 0 Å². The molecule has 0 N–H and O–H groups in total. The second kappa shape index (κ2) is 5.28. The molecule has 0 aliphatic carbocycles. The molecule has 1 unspecified atom stereocenters. The van der Waals surface area contributed by atoms with Crippen molar-refractivity contribution in [3.8, 4) is 0 Å². The van der Waals surface area contributed by atoms with Crippen molar-refractivity contribution < 1.29 is 4.39 Å². The summed E-state index contributed by atoms with van der Waals surface area (Å²) in [7, 11) is 0. The number of aromatic nitrogens is 1. The van der Waals surface area contributed by atoms with E-state index in [0.717, 1.165) is 22.7 Å². The van der Waals surface area contributed by atoms with E-state index in [1.165, 1.54) is 12.3 Å². The van der Waals surface area contributed by atoms with Gasteiger partial charge in [0.2, 0.25) is 0 Å². The van der Waals surface area contributed by atoms with Gasteiger partial charge in [-0.2, -0.15) is 0 Å². The van der Waals surface area contributed by atoms with Crippen LogP contribution in [0, 0.1) is 5.82 Å². The van der Waals surface area contributed by atoms with E-state index in [9.17, 15) is 4.39 Å². The van der Waals surface area contributed by atoms with Crippen LogP contribution < -0.4 is 0 Å². The van der Waals surface area contributed by atoms with Gasteiger partial charge >= 0.3 is 0 Å². The first-order valence-electron chi connectivity index (χ1n) is 5.57. The highest BCUT2D eigenvalue weighted by atomic mass is 35.5. The van der Waals surface area contributed by atoms with Crippen LogP contribution in [0.2, 0.25) is 5.02 Å². The molecule has 0 aliphatic heterocycles. The van der Waals surface area contributed by atoms with Crippen molar-refractivity contribution in [3.05, 3.63) is 64.7 Å². The summed E-state index contributed by atoms with van der Waals surface area (Å²) >= 11 is 5.86. The number of pyridine rings is 1. The first kappa shape index (κ1) is 12.1. The average molecular weight is 250 g/mol. The summed E-state index contributed by atoms with van der Waals surface area (Å²) in [6.07, 6.45) is 2.17. The molecule has 0 spiro atoms. The molecule has 0 saturated heterocycles. The van der Waals surface area contributed by atoms with Gasteiger partial charge in [0, 0.05) is 16.6 Å². The summed E-state index contributed by atoms with van der Waals surface area (Å²) in [5.74, 6) is -0.118. The summed E-state index contributed by atoms with van der Waals surface area (Å²) in [6.45, 7) is 2.09. The van der Waals surface area contributed by atoms with Crippen LogP contribution in [0.25, 0.3) is 0 Å². The Morgan fingerprint density at radius 1 is 1.18 bits per heavy atom. The summed E-state index contributed by atoms with van der Waals surface area (Å²) < 4.78 is 12.8. The maximum atomic E-state index is 12.8. The smallest absolute Gasteiger partial charge is 0.141 e. The SMILES string of the molecule is CCC(c1ccc(Cl)cc1)c1ccc(F)cn1. The minimum atomic E-state index is -0.306. The third-order valence-corrected chi connectivity index (χ3v) is 3.04. The van der Waals surface area contributed by atoms with Gasteiger partial charge in [-0.1, -0.05) is 30.7 Å². The summed E-state index contributed by atoms with van der Waals surface area (Å²) in [6, 6.07) is 10.9. The van der Waals surface area contributed by atoms with Crippen LogP contribution in [0.1, 0.15) is 30.5 Å². The topological polar surface area (TPSA) is 12.9 Å². The van der Waals surface area contributed by atoms with Crippen molar-refractivity contribution in [1.82, 2.24) is 4.98 Å². The fraction of sp³-hybridized carbons (Fsp3) is 0.214. The largest absolute Gasteiger partial charge is 0.258 e. The molecular formula is C14H13ClFN. The Balaban J connectivity index is 2.33. The molecular weight excluding hydrogens is 237 g/mol. The zero-order chi connectivity index (χ0) is 12.3. The van der Waals surface area contributed by atoms with E-state index in [-0.39, 0.29) is 11.7 Å². The minimum absolute atomic E-state index is 0.188. The molecule has 0 fully saturated rings. The summed E-state index contributed by atoms with van der Waals surface area (Å²) in [5.41, 5.74) is 2.03. The van der Waals surface area contributed by atoms with Crippen molar-refractivity contribution in [2.24, 2.45) is 0 Å². The van der Waals surface area contributed by atoms with E-state index in [1.807, 2.05) is 24.3 Å². The number of hydrogen-bond acceptors (Lipinski definition) is 1. The molecule has 0 amide bonds. The number of nitrogens with zero attached hydrogens (tertiary/aromatic N) is 1. The molecule has 1 heterocycles. The number of benzene rings is 1. The number of halogens is 2. The lowest BCUT2D eigenvalue weighted by atomic mass is 9.93. The Labute approximate surface area is 105 Å². The first-order chi connectivity index (χ1) is 8.20. The number of hydrogen-bond donors (Lipinski definition) is 0. The highest BCUT2D eigenvalue weighted by molar-refractivity contribution is 6.30. The molecule has 0 saturated carbocycles. The minimum Gasteiger partial charge on any atom is -0.258 e. The monoisotopic (exact) mass is 249 g/mol. The average Bonchev–Trinajstić information content (AvgIpc) is 2.35. The maximum Gasteiger partial charge on any atom is 0.141 e. The van der Waals surface area contributed by atoms with E-state index in [2.05, 4.69) is 11.9 Å². The van der Waals surface area contributed by atoms with Gasteiger partial charge in [-0.15, -0.1) is 0 Å². The fourth-order valence-corrected chi connectivity index (χ4v) is 2.03. The third kappa shape index (κ3) is 2.83. The molecule has 1 atom stereocenters. The zero-order valence-electron chi connectivity index (χ0n) is 9.53. The van der Waals surface area contributed by atoms with E-state index in [1.54, 1.807) is 6.07 Å². The molecule has 0 radical (unpaired) electrons. The molecule has 1 aromatic heterocycles. The van der Waals surface area contributed by atoms with E-state index < -0.39 is 0 Å². The second-order valence-corrected chi connectivity index (χ2v) is 4.35. The Morgan fingerprint density at radius 2 is 1.88 bits per heavy atom. The van der Waals surface area contributed by atoms with Crippen molar-refractivity contribution in [3.63, 3.8) is 0 Å². The van der Waals surface area contributed by atoms with Crippen LogP contribution in [0.5, 0.6) is 0 Å². The Bertz CT molecular complexity index is 433. The molecule has 88 valence electrons. The molecule has 1 nitrogen and oxygen atoms in total. The van der Waals surface area contributed by atoms with Crippen LogP contribution in [0.4, 0.5) is 4.39 Å². The molecule has 0 aliphatic rings. The predicted molar refractivity (Wildman–Crippen MR) is 67.8 cm³/mol. The van der Waals surface area contributed by atoms with Gasteiger partial charge < -0.3 is 0 Å². The summed E-state index contributed by atoms with van der Waals surface area (Å²) in [5, 5.41) is 0.718. The predicted octanol–water partition coefficient (Wildman–Crippen LogP) is 4.42. The van der Waals surface area contributed by atoms with Gasteiger partial charge in [-0.25, -0.2) is 4.39 Å². The van der Waals surface area contributed by atoms with Crippen molar-refractivity contribution in [1.29, 1.82) is 0 Å². The van der Waals surface area contributed by atoms with E-state index in [0.29, 0.717) is 0 Å². The molecule has 1 aromatic carbocycles. The van der Waals surface area contributed by atoms with Crippen molar-refractivity contribution in [2.45, 2.75) is 19.3 Å². The molecule has 17 heavy (non-hydrogen) atoms. The highest BCUT2D eigenvalue weighted by Gasteiger charge is 2.13. The molecule has 2 aromatic rings. The van der Waals surface area contributed by atoms with Crippen LogP contribution in [0.15, 0.2) is 42.6 Å². The normalized spacial score (nSPS) is 12.4. The molecule has 0 bridgehead atoms. The van der Waals surface area contributed by atoms with Gasteiger partial charge in [-0.3, -0.25) is 4.98 Å². The lowest BCUT2D eigenvalue weighted by molar-refractivity contribution is 0.615. The van der Waals surface area contributed by atoms with Gasteiger partial charge in [0.1, 0.15) is 5.82 Å². The lowest BCUT2D eigenvalue weighted by Gasteiger charge is -2.14. The Morgan fingerprint density at radius 3 is 2.41 bits per heavy atom. The van der Waals surface area contributed by atoms with Crippen LogP contribution in [0.3, 0.4) is 0 Å². The van der Waals surface area contributed by atoms with Crippen LogP contribution in [-0.2, 0) is 0 Å². The molecule has 3 heteroatoms.